The van der Waals surface area contributed by atoms with Crippen LogP contribution in [-0.2, 0) is 10.2 Å². The van der Waals surface area contributed by atoms with Crippen LogP contribution in [0, 0.1) is 0 Å². The summed E-state index contributed by atoms with van der Waals surface area (Å²) in [6.45, 7) is 5.31. The minimum Gasteiger partial charge on any atom is -0.481 e. The van der Waals surface area contributed by atoms with E-state index in [2.05, 4.69) is 22.5 Å². The number of benzene rings is 1. The molecular formula is C12H13BrO2. The van der Waals surface area contributed by atoms with E-state index in [-0.39, 0.29) is 0 Å². The van der Waals surface area contributed by atoms with E-state index in [4.69, 9.17) is 0 Å². The normalized spacial score (nSPS) is 14.3. The van der Waals surface area contributed by atoms with Crippen LogP contribution in [0.25, 0.3) is 0 Å². The fraction of sp³-hybridized carbons (Fsp3) is 0.250. The zero-order valence-electron chi connectivity index (χ0n) is 8.53. The van der Waals surface area contributed by atoms with Crippen molar-refractivity contribution in [3.05, 3.63) is 47.0 Å². The fourth-order valence-corrected chi connectivity index (χ4v) is 1.85. The van der Waals surface area contributed by atoms with Crippen molar-refractivity contribution in [1.29, 1.82) is 0 Å². The van der Waals surface area contributed by atoms with Gasteiger partial charge in [0.25, 0.3) is 0 Å². The van der Waals surface area contributed by atoms with Crippen molar-refractivity contribution in [2.45, 2.75) is 18.8 Å². The molecule has 15 heavy (non-hydrogen) atoms. The highest BCUT2D eigenvalue weighted by atomic mass is 79.9. The lowest BCUT2D eigenvalue weighted by molar-refractivity contribution is -0.143. The van der Waals surface area contributed by atoms with E-state index in [0.29, 0.717) is 6.42 Å². The number of aliphatic carboxylic acids is 1. The molecule has 0 bridgehead atoms. The van der Waals surface area contributed by atoms with E-state index in [0.717, 1.165) is 10.0 Å². The molecule has 1 rings (SSSR count). The van der Waals surface area contributed by atoms with Crippen molar-refractivity contribution in [3.63, 3.8) is 0 Å². The maximum atomic E-state index is 11.3. The number of carboxylic acids is 1. The van der Waals surface area contributed by atoms with Gasteiger partial charge in [0, 0.05) is 4.47 Å². The van der Waals surface area contributed by atoms with Gasteiger partial charge in [0.2, 0.25) is 0 Å². The third kappa shape index (κ3) is 2.48. The molecule has 0 heterocycles. The number of carbonyl (C=O) groups is 1. The molecule has 1 atom stereocenters. The van der Waals surface area contributed by atoms with Crippen molar-refractivity contribution in [1.82, 2.24) is 0 Å². The molecule has 0 fully saturated rings. The second kappa shape index (κ2) is 4.62. The first-order chi connectivity index (χ1) is 7.00. The zero-order valence-corrected chi connectivity index (χ0v) is 10.1. The number of hydrogen-bond acceptors (Lipinski definition) is 1. The monoisotopic (exact) mass is 268 g/mol. The zero-order chi connectivity index (χ0) is 11.5. The quantitative estimate of drug-likeness (QED) is 0.851. The van der Waals surface area contributed by atoms with Gasteiger partial charge in [0.1, 0.15) is 0 Å². The Balaban J connectivity index is 3.20. The second-order valence-electron chi connectivity index (χ2n) is 3.64. The average molecular weight is 269 g/mol. The van der Waals surface area contributed by atoms with Gasteiger partial charge in [0.15, 0.2) is 0 Å². The lowest BCUT2D eigenvalue weighted by Gasteiger charge is -2.23. The van der Waals surface area contributed by atoms with E-state index in [9.17, 15) is 9.90 Å². The summed E-state index contributed by atoms with van der Waals surface area (Å²) in [5, 5.41) is 9.24. The first kappa shape index (κ1) is 12.0. The topological polar surface area (TPSA) is 37.3 Å². The predicted molar refractivity (Wildman–Crippen MR) is 63.9 cm³/mol. The molecule has 80 valence electrons. The molecule has 2 nitrogen and oxygen atoms in total. The lowest BCUT2D eigenvalue weighted by Crippen LogP contribution is -2.31. The molecule has 1 aromatic rings. The predicted octanol–water partition coefficient (Wildman–Crippen LogP) is 3.37. The van der Waals surface area contributed by atoms with Crippen LogP contribution in [0.2, 0.25) is 0 Å². The minimum absolute atomic E-state index is 0.415. The van der Waals surface area contributed by atoms with Crippen molar-refractivity contribution < 1.29 is 9.90 Å². The maximum absolute atomic E-state index is 11.3. The number of hydrogen-bond donors (Lipinski definition) is 1. The number of rotatable bonds is 4. The first-order valence-corrected chi connectivity index (χ1v) is 5.40. The summed E-state index contributed by atoms with van der Waals surface area (Å²) >= 11 is 3.34. The van der Waals surface area contributed by atoms with Gasteiger partial charge in [-0.05, 0) is 31.0 Å². The van der Waals surface area contributed by atoms with Gasteiger partial charge >= 0.3 is 5.97 Å². The Morgan fingerprint density at radius 1 is 1.67 bits per heavy atom. The Kier molecular flexibility index (Phi) is 3.69. The van der Waals surface area contributed by atoms with E-state index in [1.165, 1.54) is 0 Å². The number of allylic oxidation sites excluding steroid dienone is 1. The fourth-order valence-electron chi connectivity index (χ4n) is 1.45. The third-order valence-electron chi connectivity index (χ3n) is 2.49. The average Bonchev–Trinajstić information content (AvgIpc) is 2.17. The largest absolute Gasteiger partial charge is 0.481 e. The highest BCUT2D eigenvalue weighted by Crippen LogP contribution is 2.30. The van der Waals surface area contributed by atoms with Crippen LogP contribution in [-0.4, -0.2) is 11.1 Å². The summed E-state index contributed by atoms with van der Waals surface area (Å²) in [5.74, 6) is -0.833. The molecule has 0 saturated carbocycles. The van der Waals surface area contributed by atoms with E-state index in [1.807, 2.05) is 24.3 Å². The molecule has 0 saturated heterocycles. The van der Waals surface area contributed by atoms with Gasteiger partial charge in [-0.2, -0.15) is 0 Å². The SMILES string of the molecule is C=CCC(C)(C(=O)O)c1cccc(Br)c1. The molecule has 0 aliphatic rings. The molecule has 0 radical (unpaired) electrons. The Morgan fingerprint density at radius 2 is 2.33 bits per heavy atom. The summed E-state index contributed by atoms with van der Waals surface area (Å²) in [5.41, 5.74) is -0.116. The van der Waals surface area contributed by atoms with Gasteiger partial charge in [0.05, 0.1) is 5.41 Å². The van der Waals surface area contributed by atoms with Crippen LogP contribution in [0.4, 0.5) is 0 Å². The van der Waals surface area contributed by atoms with Crippen LogP contribution < -0.4 is 0 Å². The van der Waals surface area contributed by atoms with Crippen molar-refractivity contribution in [3.8, 4) is 0 Å². The van der Waals surface area contributed by atoms with Crippen molar-refractivity contribution in [2.75, 3.05) is 0 Å². The molecule has 0 spiro atoms. The van der Waals surface area contributed by atoms with Crippen molar-refractivity contribution >= 4 is 21.9 Å². The molecular weight excluding hydrogens is 256 g/mol. The Morgan fingerprint density at radius 3 is 2.80 bits per heavy atom. The van der Waals surface area contributed by atoms with Gasteiger partial charge in [-0.1, -0.05) is 34.1 Å². The molecule has 0 aliphatic heterocycles. The highest BCUT2D eigenvalue weighted by molar-refractivity contribution is 9.10. The summed E-state index contributed by atoms with van der Waals surface area (Å²) in [7, 11) is 0. The highest BCUT2D eigenvalue weighted by Gasteiger charge is 2.33. The van der Waals surface area contributed by atoms with Crippen LogP contribution in [0.15, 0.2) is 41.4 Å². The summed E-state index contributed by atoms with van der Waals surface area (Å²) < 4.78 is 0.886. The molecule has 1 N–H and O–H groups in total. The van der Waals surface area contributed by atoms with E-state index >= 15 is 0 Å². The van der Waals surface area contributed by atoms with Gasteiger partial charge in [-0.25, -0.2) is 0 Å². The summed E-state index contributed by atoms with van der Waals surface area (Å²) in [6.07, 6.45) is 2.05. The lowest BCUT2D eigenvalue weighted by atomic mass is 9.80. The molecule has 1 unspecified atom stereocenters. The number of halogens is 1. The van der Waals surface area contributed by atoms with Gasteiger partial charge < -0.3 is 5.11 Å². The summed E-state index contributed by atoms with van der Waals surface area (Å²) in [4.78, 5) is 11.3. The molecule has 3 heteroatoms. The van der Waals surface area contributed by atoms with Gasteiger partial charge in [-0.3, -0.25) is 4.79 Å². The summed E-state index contributed by atoms with van der Waals surface area (Å²) in [6, 6.07) is 7.36. The Bertz CT molecular complexity index is 387. The molecule has 0 aliphatic carbocycles. The van der Waals surface area contributed by atoms with Crippen LogP contribution in [0.3, 0.4) is 0 Å². The van der Waals surface area contributed by atoms with Crippen LogP contribution in [0.1, 0.15) is 18.9 Å². The molecule has 0 aromatic heterocycles. The van der Waals surface area contributed by atoms with Gasteiger partial charge in [-0.15, -0.1) is 6.58 Å². The Hall–Kier alpha value is -1.09. The smallest absolute Gasteiger partial charge is 0.314 e. The van der Waals surface area contributed by atoms with E-state index < -0.39 is 11.4 Å². The van der Waals surface area contributed by atoms with Crippen molar-refractivity contribution in [2.24, 2.45) is 0 Å². The first-order valence-electron chi connectivity index (χ1n) is 4.61. The van der Waals surface area contributed by atoms with E-state index in [1.54, 1.807) is 13.0 Å². The molecule has 0 amide bonds. The Labute approximate surface area is 97.8 Å². The van der Waals surface area contributed by atoms with Crippen LogP contribution >= 0.6 is 15.9 Å². The maximum Gasteiger partial charge on any atom is 0.314 e. The van der Waals surface area contributed by atoms with Crippen LogP contribution in [0.5, 0.6) is 0 Å². The minimum atomic E-state index is -0.897. The third-order valence-corrected chi connectivity index (χ3v) is 2.98. The second-order valence-corrected chi connectivity index (χ2v) is 4.56. The molecule has 1 aromatic carbocycles. The number of carboxylic acid groups (broad SMARTS) is 1. The standard InChI is InChI=1S/C12H13BrO2/c1-3-7-12(2,11(14)15)9-5-4-6-10(13)8-9/h3-6,8H,1,7H2,2H3,(H,14,15).